The van der Waals surface area contributed by atoms with Crippen LogP contribution in [0.25, 0.3) is 5.69 Å². The van der Waals surface area contributed by atoms with Crippen LogP contribution in [0.3, 0.4) is 0 Å². The number of nitrogens with zero attached hydrogens (tertiary/aromatic N) is 4. The lowest BCUT2D eigenvalue weighted by Crippen LogP contribution is -2.14. The molecule has 10 heteroatoms. The van der Waals surface area contributed by atoms with Crippen LogP contribution in [-0.4, -0.2) is 38.2 Å². The Hall–Kier alpha value is -2.46. The summed E-state index contributed by atoms with van der Waals surface area (Å²) in [5, 5.41) is 15.7. The zero-order valence-corrected chi connectivity index (χ0v) is 15.9. The van der Waals surface area contributed by atoms with E-state index in [1.54, 1.807) is 30.1 Å². The number of methoxy groups -OCH3 is 1. The molecule has 0 spiro atoms. The van der Waals surface area contributed by atoms with Gasteiger partial charge in [0.25, 0.3) is 5.91 Å². The van der Waals surface area contributed by atoms with E-state index in [1.807, 2.05) is 0 Å². The van der Waals surface area contributed by atoms with Gasteiger partial charge in [-0.15, -0.1) is 10.2 Å². The zero-order chi connectivity index (χ0) is 18.7. The van der Waals surface area contributed by atoms with Crippen molar-refractivity contribution in [3.8, 4) is 11.4 Å². The zero-order valence-electron chi connectivity index (χ0n) is 14.3. The second-order valence-corrected chi connectivity index (χ2v) is 8.26. The third-order valence-corrected chi connectivity index (χ3v) is 5.10. The second kappa shape index (κ2) is 7.83. The number of halogens is 1. The molecular weight excluding hydrogens is 377 g/mol. The van der Waals surface area contributed by atoms with E-state index >= 15 is 0 Å². The molecule has 0 atom stereocenters. The third-order valence-electron chi connectivity index (χ3n) is 3.17. The van der Waals surface area contributed by atoms with Gasteiger partial charge in [-0.2, -0.15) is 5.10 Å². The van der Waals surface area contributed by atoms with Crippen LogP contribution in [0.4, 0.5) is 9.52 Å². The lowest BCUT2D eigenvalue weighted by molar-refractivity contribution is 0.101. The molecule has 136 valence electrons. The highest BCUT2D eigenvalue weighted by molar-refractivity contribution is 8.01. The summed E-state index contributed by atoms with van der Waals surface area (Å²) >= 11 is 2.87. The fraction of sp³-hybridized carbons (Fsp3) is 0.250. The predicted molar refractivity (Wildman–Crippen MR) is 98.9 cm³/mol. The number of benzene rings is 1. The number of rotatable bonds is 6. The molecule has 0 aliphatic heterocycles. The van der Waals surface area contributed by atoms with Gasteiger partial charge in [0.15, 0.2) is 15.8 Å². The smallest absolute Gasteiger partial charge is 0.281 e. The first kappa shape index (κ1) is 18.3. The molecule has 7 nitrogen and oxygen atoms in total. The highest BCUT2D eigenvalue weighted by atomic mass is 32.2. The highest BCUT2D eigenvalue weighted by Gasteiger charge is 2.20. The Bertz CT molecular complexity index is 908. The Balaban J connectivity index is 1.80. The molecule has 0 radical (unpaired) electrons. The van der Waals surface area contributed by atoms with E-state index in [0.29, 0.717) is 21.8 Å². The molecule has 0 saturated carbocycles. The standard InChI is InChI=1S/C16H16FN5O2S2/c1-9(2)25-16-20-19-15(26-16)18-14(23)13-12(24-3)8-22(21-13)11-6-4-10(17)5-7-11/h4-9H,1-3H3,(H,18,19,23). The van der Waals surface area contributed by atoms with E-state index < -0.39 is 5.91 Å². The maximum absolute atomic E-state index is 13.1. The summed E-state index contributed by atoms with van der Waals surface area (Å²) in [6.45, 7) is 4.11. The van der Waals surface area contributed by atoms with Crippen molar-refractivity contribution in [3.05, 3.63) is 42.0 Å². The van der Waals surface area contributed by atoms with E-state index in [1.165, 1.54) is 35.3 Å². The van der Waals surface area contributed by atoms with E-state index in [0.717, 1.165) is 4.34 Å². The summed E-state index contributed by atoms with van der Waals surface area (Å²) in [6, 6.07) is 5.75. The Morgan fingerprint density at radius 2 is 2.04 bits per heavy atom. The van der Waals surface area contributed by atoms with Crippen LogP contribution in [0, 0.1) is 5.82 Å². The lowest BCUT2D eigenvalue weighted by atomic mass is 10.3. The SMILES string of the molecule is COc1cn(-c2ccc(F)cc2)nc1C(=O)Nc1nnc(SC(C)C)s1. The minimum absolute atomic E-state index is 0.102. The Morgan fingerprint density at radius 3 is 2.69 bits per heavy atom. The molecular formula is C16H16FN5O2S2. The van der Waals surface area contributed by atoms with Gasteiger partial charge < -0.3 is 4.74 Å². The molecule has 26 heavy (non-hydrogen) atoms. The Morgan fingerprint density at radius 1 is 1.31 bits per heavy atom. The molecule has 0 bridgehead atoms. The van der Waals surface area contributed by atoms with Gasteiger partial charge in [-0.3, -0.25) is 10.1 Å². The summed E-state index contributed by atoms with van der Waals surface area (Å²) in [5.74, 6) is -0.509. The van der Waals surface area contributed by atoms with Gasteiger partial charge in [-0.1, -0.05) is 36.9 Å². The van der Waals surface area contributed by atoms with Crippen LogP contribution in [0.2, 0.25) is 0 Å². The number of aromatic nitrogens is 4. The Labute approximate surface area is 157 Å². The fourth-order valence-corrected chi connectivity index (χ4v) is 4.03. The van der Waals surface area contributed by atoms with E-state index in [2.05, 4.69) is 34.5 Å². The number of nitrogens with one attached hydrogen (secondary N) is 1. The summed E-state index contributed by atoms with van der Waals surface area (Å²) < 4.78 is 20.5. The molecule has 3 aromatic rings. The van der Waals surface area contributed by atoms with Crippen molar-refractivity contribution in [2.45, 2.75) is 23.4 Å². The number of anilines is 1. The van der Waals surface area contributed by atoms with Crippen LogP contribution in [0.5, 0.6) is 5.75 Å². The lowest BCUT2D eigenvalue weighted by Gasteiger charge is -2.00. The minimum atomic E-state index is -0.458. The normalized spacial score (nSPS) is 11.0. The average Bonchev–Trinajstić information content (AvgIpc) is 3.21. The summed E-state index contributed by atoms with van der Waals surface area (Å²) in [5.41, 5.74) is 0.709. The number of carbonyl (C=O) groups is 1. The number of hydrogen-bond acceptors (Lipinski definition) is 7. The molecule has 1 amide bonds. The maximum atomic E-state index is 13.1. The molecule has 0 aliphatic carbocycles. The van der Waals surface area contributed by atoms with Crippen molar-refractivity contribution in [2.75, 3.05) is 12.4 Å². The van der Waals surface area contributed by atoms with E-state index in [4.69, 9.17) is 4.74 Å². The van der Waals surface area contributed by atoms with Gasteiger partial charge >= 0.3 is 0 Å². The fourth-order valence-electron chi connectivity index (χ4n) is 2.06. The second-order valence-electron chi connectivity index (χ2n) is 5.46. The predicted octanol–water partition coefficient (Wildman–Crippen LogP) is 3.62. The Kier molecular flexibility index (Phi) is 5.52. The molecule has 0 aliphatic rings. The first-order valence-electron chi connectivity index (χ1n) is 7.67. The largest absolute Gasteiger partial charge is 0.493 e. The van der Waals surface area contributed by atoms with Gasteiger partial charge in [0.1, 0.15) is 5.82 Å². The molecule has 1 aromatic carbocycles. The van der Waals surface area contributed by atoms with Crippen LogP contribution in [0.1, 0.15) is 24.3 Å². The number of carbonyl (C=O) groups excluding carboxylic acids is 1. The summed E-state index contributed by atoms with van der Waals surface area (Å²) in [7, 11) is 1.45. The molecule has 0 saturated heterocycles. The van der Waals surface area contributed by atoms with Crippen LogP contribution in [-0.2, 0) is 0 Å². The van der Waals surface area contributed by atoms with Crippen LogP contribution < -0.4 is 10.1 Å². The average molecular weight is 393 g/mol. The topological polar surface area (TPSA) is 81.9 Å². The molecule has 1 N–H and O–H groups in total. The molecule has 2 heterocycles. The van der Waals surface area contributed by atoms with Crippen molar-refractivity contribution in [1.82, 2.24) is 20.0 Å². The van der Waals surface area contributed by atoms with Crippen LogP contribution >= 0.6 is 23.1 Å². The van der Waals surface area contributed by atoms with Gasteiger partial charge in [0.05, 0.1) is 19.0 Å². The quantitative estimate of drug-likeness (QED) is 0.509. The number of hydrogen-bond donors (Lipinski definition) is 1. The molecule has 3 rings (SSSR count). The number of thioether (sulfide) groups is 1. The van der Waals surface area contributed by atoms with E-state index in [9.17, 15) is 9.18 Å². The monoisotopic (exact) mass is 393 g/mol. The number of amides is 1. The van der Waals surface area contributed by atoms with Gasteiger partial charge in [-0.25, -0.2) is 9.07 Å². The van der Waals surface area contributed by atoms with Gasteiger partial charge in [0.2, 0.25) is 5.13 Å². The molecule has 0 unspecified atom stereocenters. The summed E-state index contributed by atoms with van der Waals surface area (Å²) in [4.78, 5) is 12.5. The van der Waals surface area contributed by atoms with Crippen molar-refractivity contribution in [3.63, 3.8) is 0 Å². The minimum Gasteiger partial charge on any atom is -0.493 e. The molecule has 2 aromatic heterocycles. The van der Waals surface area contributed by atoms with E-state index in [-0.39, 0.29) is 11.5 Å². The maximum Gasteiger partial charge on any atom is 0.281 e. The first-order valence-corrected chi connectivity index (χ1v) is 9.37. The van der Waals surface area contributed by atoms with Crippen molar-refractivity contribution < 1.29 is 13.9 Å². The summed E-state index contributed by atoms with van der Waals surface area (Å²) in [6.07, 6.45) is 1.56. The highest BCUT2D eigenvalue weighted by Crippen LogP contribution is 2.29. The molecule has 0 fully saturated rings. The first-order chi connectivity index (χ1) is 12.5. The van der Waals surface area contributed by atoms with Crippen LogP contribution in [0.15, 0.2) is 34.8 Å². The van der Waals surface area contributed by atoms with Crippen molar-refractivity contribution in [1.29, 1.82) is 0 Å². The van der Waals surface area contributed by atoms with Crippen molar-refractivity contribution >= 4 is 34.1 Å². The number of ether oxygens (including phenoxy) is 1. The van der Waals surface area contributed by atoms with Gasteiger partial charge in [-0.05, 0) is 24.3 Å². The van der Waals surface area contributed by atoms with Gasteiger partial charge in [0, 0.05) is 5.25 Å². The van der Waals surface area contributed by atoms with Crippen molar-refractivity contribution in [2.24, 2.45) is 0 Å². The third kappa shape index (κ3) is 4.20.